The van der Waals surface area contributed by atoms with Gasteiger partial charge in [-0.3, -0.25) is 0 Å². The van der Waals surface area contributed by atoms with E-state index in [9.17, 15) is 9.59 Å². The number of hydrogen-bond acceptors (Lipinski definition) is 8. The summed E-state index contributed by atoms with van der Waals surface area (Å²) in [5.74, 6) is -0.452. The number of hydrogen-bond donors (Lipinski definition) is 1. The number of rotatable bonds is 7. The lowest BCUT2D eigenvalue weighted by Crippen LogP contribution is -2.19. The molecule has 0 bridgehead atoms. The highest BCUT2D eigenvalue weighted by atomic mass is 16.6. The van der Waals surface area contributed by atoms with E-state index in [4.69, 9.17) is 14.2 Å². The van der Waals surface area contributed by atoms with Gasteiger partial charge in [-0.05, 0) is 26.0 Å². The van der Waals surface area contributed by atoms with Crippen LogP contribution in [0.25, 0.3) is 10.9 Å². The van der Waals surface area contributed by atoms with Gasteiger partial charge in [-0.15, -0.1) is 0 Å². The molecule has 2 aromatic rings. The molecule has 0 aliphatic rings. The third kappa shape index (κ3) is 4.43. The molecule has 0 amide bonds. The molecule has 1 N–H and O–H groups in total. The summed E-state index contributed by atoms with van der Waals surface area (Å²) in [4.78, 5) is 32.2. The normalized spacial score (nSPS) is 10.0. The highest BCUT2D eigenvalue weighted by molar-refractivity contribution is 6.14. The molecule has 1 aromatic carbocycles. The molecular weight excluding hydrogens is 326 g/mol. The summed E-state index contributed by atoms with van der Waals surface area (Å²) in [6.45, 7) is 3.59. The zero-order valence-corrected chi connectivity index (χ0v) is 14.2. The van der Waals surface area contributed by atoms with Crippen LogP contribution in [0.2, 0.25) is 0 Å². The number of fused-ring (bicyclic) bond motifs is 1. The molecule has 0 saturated carbocycles. The van der Waals surface area contributed by atoms with Gasteiger partial charge in [0, 0.05) is 17.7 Å². The molecule has 8 nitrogen and oxygen atoms in total. The fourth-order valence-electron chi connectivity index (χ4n) is 2.04. The molecule has 0 radical (unpaired) electrons. The SMILES string of the molecule is CCOC(=O)C(=CNc1ncnc2cc(OC)ccc12)C(=O)OCC. The van der Waals surface area contributed by atoms with Gasteiger partial charge in [0.1, 0.15) is 17.9 Å². The van der Waals surface area contributed by atoms with Crippen molar-refractivity contribution >= 4 is 28.7 Å². The molecular formula is C17H19N3O5. The van der Waals surface area contributed by atoms with Gasteiger partial charge in [0.05, 0.1) is 25.8 Å². The minimum atomic E-state index is -0.770. The zero-order chi connectivity index (χ0) is 18.2. The monoisotopic (exact) mass is 345 g/mol. The van der Waals surface area contributed by atoms with Crippen molar-refractivity contribution in [3.63, 3.8) is 0 Å². The van der Waals surface area contributed by atoms with Gasteiger partial charge in [-0.25, -0.2) is 19.6 Å². The predicted octanol–water partition coefficient (Wildman–Crippen LogP) is 2.06. The summed E-state index contributed by atoms with van der Waals surface area (Å²) in [6.07, 6.45) is 2.59. The number of aromatic nitrogens is 2. The maximum atomic E-state index is 11.9. The summed E-state index contributed by atoms with van der Waals surface area (Å²) in [6, 6.07) is 5.29. The van der Waals surface area contributed by atoms with Crippen molar-refractivity contribution in [1.82, 2.24) is 9.97 Å². The maximum absolute atomic E-state index is 11.9. The van der Waals surface area contributed by atoms with Crippen LogP contribution in [0.1, 0.15) is 13.8 Å². The van der Waals surface area contributed by atoms with Gasteiger partial charge in [0.15, 0.2) is 5.57 Å². The van der Waals surface area contributed by atoms with E-state index in [1.54, 1.807) is 39.2 Å². The van der Waals surface area contributed by atoms with Crippen molar-refractivity contribution in [1.29, 1.82) is 0 Å². The minimum absolute atomic E-state index is 0.145. The van der Waals surface area contributed by atoms with Crippen molar-refractivity contribution in [2.75, 3.05) is 25.6 Å². The lowest BCUT2D eigenvalue weighted by molar-refractivity contribution is -0.146. The molecule has 0 aliphatic heterocycles. The van der Waals surface area contributed by atoms with Crippen molar-refractivity contribution in [3.8, 4) is 5.75 Å². The molecule has 1 aromatic heterocycles. The molecule has 8 heteroatoms. The Labute approximate surface area is 144 Å². The summed E-state index contributed by atoms with van der Waals surface area (Å²) in [7, 11) is 1.56. The van der Waals surface area contributed by atoms with Gasteiger partial charge in [0.25, 0.3) is 0 Å². The Bertz CT molecular complexity index is 784. The molecule has 0 saturated heterocycles. The Morgan fingerprint density at radius 3 is 2.40 bits per heavy atom. The van der Waals surface area contributed by atoms with Crippen LogP contribution in [0.4, 0.5) is 5.82 Å². The molecule has 0 fully saturated rings. The molecule has 0 aliphatic carbocycles. The fraction of sp³-hybridized carbons (Fsp3) is 0.294. The number of ether oxygens (including phenoxy) is 3. The van der Waals surface area contributed by atoms with Crippen LogP contribution in [-0.4, -0.2) is 42.2 Å². The lowest BCUT2D eigenvalue weighted by Gasteiger charge is -2.09. The second-order valence-electron chi connectivity index (χ2n) is 4.75. The van der Waals surface area contributed by atoms with E-state index in [1.807, 2.05) is 0 Å². The van der Waals surface area contributed by atoms with Gasteiger partial charge in [-0.2, -0.15) is 0 Å². The Morgan fingerprint density at radius 2 is 1.80 bits per heavy atom. The van der Waals surface area contributed by atoms with E-state index in [-0.39, 0.29) is 18.8 Å². The van der Waals surface area contributed by atoms with E-state index in [1.165, 1.54) is 12.5 Å². The highest BCUT2D eigenvalue weighted by Crippen LogP contribution is 2.23. The van der Waals surface area contributed by atoms with E-state index in [0.717, 1.165) is 0 Å². The van der Waals surface area contributed by atoms with E-state index >= 15 is 0 Å². The second-order valence-corrected chi connectivity index (χ2v) is 4.75. The zero-order valence-electron chi connectivity index (χ0n) is 14.2. The van der Waals surface area contributed by atoms with Gasteiger partial charge in [0.2, 0.25) is 0 Å². The number of anilines is 1. The van der Waals surface area contributed by atoms with Crippen LogP contribution in [-0.2, 0) is 19.1 Å². The molecule has 0 spiro atoms. The average Bonchev–Trinajstić information content (AvgIpc) is 2.62. The second kappa shape index (κ2) is 8.62. The van der Waals surface area contributed by atoms with Gasteiger partial charge < -0.3 is 19.5 Å². The highest BCUT2D eigenvalue weighted by Gasteiger charge is 2.21. The smallest absolute Gasteiger partial charge is 0.347 e. The lowest BCUT2D eigenvalue weighted by atomic mass is 10.2. The molecule has 1 heterocycles. The van der Waals surface area contributed by atoms with E-state index in [2.05, 4.69) is 15.3 Å². The van der Waals surface area contributed by atoms with Crippen LogP contribution in [0, 0.1) is 0 Å². The third-order valence-corrected chi connectivity index (χ3v) is 3.19. The summed E-state index contributed by atoms with van der Waals surface area (Å²) < 4.78 is 14.9. The Kier molecular flexibility index (Phi) is 6.27. The molecule has 0 unspecified atom stereocenters. The number of esters is 2. The van der Waals surface area contributed by atoms with Crippen molar-refractivity contribution in [2.45, 2.75) is 13.8 Å². The summed E-state index contributed by atoms with van der Waals surface area (Å²) in [5, 5.41) is 3.55. The van der Waals surface area contributed by atoms with Crippen molar-refractivity contribution < 1.29 is 23.8 Å². The van der Waals surface area contributed by atoms with Crippen LogP contribution in [0.5, 0.6) is 5.75 Å². The molecule has 2 rings (SSSR count). The maximum Gasteiger partial charge on any atom is 0.347 e. The molecule has 25 heavy (non-hydrogen) atoms. The first-order chi connectivity index (χ1) is 12.1. The number of carbonyl (C=O) groups is 2. The van der Waals surface area contributed by atoms with E-state index in [0.29, 0.717) is 22.5 Å². The van der Waals surface area contributed by atoms with Crippen LogP contribution in [0.3, 0.4) is 0 Å². The Balaban J connectivity index is 2.34. The first-order valence-corrected chi connectivity index (χ1v) is 7.70. The van der Waals surface area contributed by atoms with Crippen LogP contribution < -0.4 is 10.1 Å². The fourth-order valence-corrected chi connectivity index (χ4v) is 2.04. The minimum Gasteiger partial charge on any atom is -0.497 e. The van der Waals surface area contributed by atoms with Gasteiger partial charge >= 0.3 is 11.9 Å². The molecule has 132 valence electrons. The number of nitrogens with zero attached hydrogens (tertiary/aromatic N) is 2. The van der Waals surface area contributed by atoms with E-state index < -0.39 is 11.9 Å². The van der Waals surface area contributed by atoms with Gasteiger partial charge in [-0.1, -0.05) is 0 Å². The number of carbonyl (C=O) groups excluding carboxylic acids is 2. The summed E-state index contributed by atoms with van der Waals surface area (Å²) in [5.41, 5.74) is 0.406. The van der Waals surface area contributed by atoms with Crippen molar-refractivity contribution in [2.24, 2.45) is 0 Å². The standard InChI is InChI=1S/C17H19N3O5/c1-4-24-16(21)13(17(22)25-5-2)9-18-15-12-7-6-11(23-3)8-14(12)19-10-20-15/h6-10H,4-5H2,1-3H3,(H,18,19,20). The number of methoxy groups -OCH3 is 1. The topological polar surface area (TPSA) is 99.6 Å². The third-order valence-electron chi connectivity index (χ3n) is 3.19. The number of nitrogens with one attached hydrogen (secondary N) is 1. The predicted molar refractivity (Wildman–Crippen MR) is 91.1 cm³/mol. The first-order valence-electron chi connectivity index (χ1n) is 7.70. The largest absolute Gasteiger partial charge is 0.497 e. The number of benzene rings is 1. The average molecular weight is 345 g/mol. The van der Waals surface area contributed by atoms with Crippen LogP contribution >= 0.6 is 0 Å². The first kappa shape index (κ1) is 18.2. The van der Waals surface area contributed by atoms with Crippen LogP contribution in [0.15, 0.2) is 36.3 Å². The van der Waals surface area contributed by atoms with Crippen molar-refractivity contribution in [3.05, 3.63) is 36.3 Å². The molecule has 0 atom stereocenters. The quantitative estimate of drug-likeness (QED) is 0.352. The Morgan fingerprint density at radius 1 is 1.12 bits per heavy atom. The summed E-state index contributed by atoms with van der Waals surface area (Å²) >= 11 is 0. The Hall–Kier alpha value is -3.16.